The molecular formula is C50H31N3. The number of nitrogens with zero attached hydrogens (tertiary/aromatic N) is 3. The van der Waals surface area contributed by atoms with E-state index in [4.69, 9.17) is 9.97 Å². The second-order valence-corrected chi connectivity index (χ2v) is 13.7. The first kappa shape index (κ1) is 29.6. The number of hydrogen-bond donors (Lipinski definition) is 0. The van der Waals surface area contributed by atoms with Crippen molar-refractivity contribution in [1.29, 1.82) is 0 Å². The van der Waals surface area contributed by atoms with E-state index in [-0.39, 0.29) is 0 Å². The van der Waals surface area contributed by atoms with Crippen LogP contribution in [-0.2, 0) is 0 Å². The third-order valence-electron chi connectivity index (χ3n) is 10.7. The first-order chi connectivity index (χ1) is 26.3. The van der Waals surface area contributed by atoms with Crippen molar-refractivity contribution >= 4 is 32.7 Å². The highest BCUT2D eigenvalue weighted by molar-refractivity contribution is 6.18. The molecule has 246 valence electrons. The first-order valence-electron chi connectivity index (χ1n) is 18.1. The molecule has 0 N–H and O–H groups in total. The lowest BCUT2D eigenvalue weighted by Crippen LogP contribution is -1.99. The van der Waals surface area contributed by atoms with Gasteiger partial charge in [0.05, 0.1) is 16.7 Å². The molecule has 11 rings (SSSR count). The number of hydrogen-bond acceptors (Lipinski definition) is 2. The van der Waals surface area contributed by atoms with Crippen molar-refractivity contribution in [2.45, 2.75) is 0 Å². The summed E-state index contributed by atoms with van der Waals surface area (Å²) in [4.78, 5) is 10.7. The van der Waals surface area contributed by atoms with Gasteiger partial charge in [-0.3, -0.25) is 0 Å². The Balaban J connectivity index is 1.07. The number of para-hydroxylation sites is 2. The van der Waals surface area contributed by atoms with Crippen LogP contribution in [0, 0.1) is 0 Å². The molecule has 3 nitrogen and oxygen atoms in total. The zero-order valence-corrected chi connectivity index (χ0v) is 28.7. The summed E-state index contributed by atoms with van der Waals surface area (Å²) in [6, 6.07) is 67.2. The molecule has 1 aliphatic carbocycles. The summed E-state index contributed by atoms with van der Waals surface area (Å²) in [5, 5.41) is 3.73. The minimum atomic E-state index is 0.706. The third-order valence-corrected chi connectivity index (χ3v) is 10.7. The Hall–Kier alpha value is -7.10. The van der Waals surface area contributed by atoms with E-state index >= 15 is 0 Å². The standard InChI is InChI=1S/C50H31N3/c1-3-14-32(15-4-1)47-49-48(44-24-9-10-27-45(44)53(49)37-20-5-2-6-21-37)52-50(51-47)36-19-12-17-34(31-36)33-16-11-18-35(30-33)38-28-29-43-40-23-8-7-22-39(40)42-26-13-25-41(38)46(42)43/h1-31H. The summed E-state index contributed by atoms with van der Waals surface area (Å²) in [6.45, 7) is 0. The van der Waals surface area contributed by atoms with Crippen LogP contribution in [0.2, 0.25) is 0 Å². The molecule has 2 heterocycles. The summed E-state index contributed by atoms with van der Waals surface area (Å²) in [5.41, 5.74) is 17.1. The second-order valence-electron chi connectivity index (χ2n) is 13.7. The van der Waals surface area contributed by atoms with E-state index < -0.39 is 0 Å². The van der Waals surface area contributed by atoms with Gasteiger partial charge in [0.1, 0.15) is 5.52 Å². The predicted octanol–water partition coefficient (Wildman–Crippen LogP) is 13.0. The van der Waals surface area contributed by atoms with Crippen molar-refractivity contribution in [3.8, 4) is 72.8 Å². The van der Waals surface area contributed by atoms with Crippen molar-refractivity contribution in [2.24, 2.45) is 0 Å². The SMILES string of the molecule is c1ccc(-c2nc(-c3cccc(-c4cccc(-c5ccc6c7c(cccc57)-c5ccccc5-6)c4)c3)nc3c4ccccc4n(-c4ccccc4)c23)cc1. The Morgan fingerprint density at radius 3 is 1.70 bits per heavy atom. The maximum absolute atomic E-state index is 5.36. The minimum Gasteiger partial charge on any atom is -0.306 e. The number of rotatable bonds is 5. The van der Waals surface area contributed by atoms with Crippen LogP contribution in [0.5, 0.6) is 0 Å². The van der Waals surface area contributed by atoms with Crippen LogP contribution >= 0.6 is 0 Å². The average molecular weight is 674 g/mol. The third kappa shape index (κ3) is 4.61. The van der Waals surface area contributed by atoms with Crippen molar-refractivity contribution in [1.82, 2.24) is 14.5 Å². The molecule has 0 saturated carbocycles. The van der Waals surface area contributed by atoms with E-state index in [0.717, 1.165) is 55.6 Å². The van der Waals surface area contributed by atoms with Gasteiger partial charge in [-0.2, -0.15) is 0 Å². The summed E-state index contributed by atoms with van der Waals surface area (Å²) in [5.74, 6) is 0.706. The predicted molar refractivity (Wildman–Crippen MR) is 220 cm³/mol. The highest BCUT2D eigenvalue weighted by Gasteiger charge is 2.23. The second kappa shape index (κ2) is 11.7. The van der Waals surface area contributed by atoms with E-state index in [1.807, 2.05) is 0 Å². The number of aromatic nitrogens is 3. The van der Waals surface area contributed by atoms with E-state index in [0.29, 0.717) is 5.82 Å². The summed E-state index contributed by atoms with van der Waals surface area (Å²) < 4.78 is 2.30. The molecule has 0 unspecified atom stereocenters. The monoisotopic (exact) mass is 673 g/mol. The highest BCUT2D eigenvalue weighted by Crippen LogP contribution is 2.49. The molecular weight excluding hydrogens is 643 g/mol. The van der Waals surface area contributed by atoms with Crippen molar-refractivity contribution < 1.29 is 0 Å². The van der Waals surface area contributed by atoms with Gasteiger partial charge in [-0.25, -0.2) is 9.97 Å². The molecule has 0 bridgehead atoms. The molecule has 53 heavy (non-hydrogen) atoms. The summed E-state index contributed by atoms with van der Waals surface area (Å²) in [7, 11) is 0. The van der Waals surface area contributed by atoms with Crippen molar-refractivity contribution in [2.75, 3.05) is 0 Å². The van der Waals surface area contributed by atoms with E-state index in [2.05, 4.69) is 193 Å². The van der Waals surface area contributed by atoms with E-state index in [9.17, 15) is 0 Å². The van der Waals surface area contributed by atoms with E-state index in [1.165, 1.54) is 44.2 Å². The van der Waals surface area contributed by atoms with Gasteiger partial charge in [-0.15, -0.1) is 0 Å². The normalized spacial score (nSPS) is 11.8. The Bertz CT molecular complexity index is 3020. The molecule has 0 atom stereocenters. The molecule has 0 spiro atoms. The van der Waals surface area contributed by atoms with Gasteiger partial charge >= 0.3 is 0 Å². The van der Waals surface area contributed by atoms with Crippen molar-refractivity contribution in [3.63, 3.8) is 0 Å². The molecule has 0 aliphatic heterocycles. The molecule has 8 aromatic carbocycles. The minimum absolute atomic E-state index is 0.706. The Kier molecular flexibility index (Phi) is 6.55. The highest BCUT2D eigenvalue weighted by atomic mass is 15.0. The largest absolute Gasteiger partial charge is 0.306 e. The van der Waals surface area contributed by atoms with Crippen LogP contribution in [0.15, 0.2) is 188 Å². The van der Waals surface area contributed by atoms with Crippen LogP contribution in [-0.4, -0.2) is 14.5 Å². The zero-order valence-electron chi connectivity index (χ0n) is 28.7. The van der Waals surface area contributed by atoms with Gasteiger partial charge < -0.3 is 4.57 Å². The fourth-order valence-corrected chi connectivity index (χ4v) is 8.38. The summed E-state index contributed by atoms with van der Waals surface area (Å²) in [6.07, 6.45) is 0. The molecule has 0 amide bonds. The van der Waals surface area contributed by atoms with Crippen LogP contribution in [0.25, 0.3) is 106 Å². The van der Waals surface area contributed by atoms with Crippen LogP contribution in [0.1, 0.15) is 0 Å². The fourth-order valence-electron chi connectivity index (χ4n) is 8.38. The summed E-state index contributed by atoms with van der Waals surface area (Å²) >= 11 is 0. The van der Waals surface area contributed by atoms with Gasteiger partial charge in [-0.05, 0) is 85.6 Å². The van der Waals surface area contributed by atoms with Gasteiger partial charge in [0.25, 0.3) is 0 Å². The molecule has 0 saturated heterocycles. The quantitative estimate of drug-likeness (QED) is 0.182. The zero-order chi connectivity index (χ0) is 34.9. The topological polar surface area (TPSA) is 30.7 Å². The maximum Gasteiger partial charge on any atom is 0.160 e. The maximum atomic E-state index is 5.36. The lowest BCUT2D eigenvalue weighted by molar-refractivity contribution is 1.15. The molecule has 0 fully saturated rings. The van der Waals surface area contributed by atoms with Gasteiger partial charge in [0.15, 0.2) is 5.82 Å². The molecule has 3 heteroatoms. The number of fused-ring (bicyclic) bond motifs is 6. The number of benzene rings is 8. The smallest absolute Gasteiger partial charge is 0.160 e. The Labute approximate surface area is 307 Å². The van der Waals surface area contributed by atoms with Gasteiger partial charge in [0.2, 0.25) is 0 Å². The molecule has 2 aromatic heterocycles. The first-order valence-corrected chi connectivity index (χ1v) is 18.1. The lowest BCUT2D eigenvalue weighted by Gasteiger charge is -2.13. The van der Waals surface area contributed by atoms with Crippen LogP contribution < -0.4 is 0 Å². The van der Waals surface area contributed by atoms with E-state index in [1.54, 1.807) is 0 Å². The average Bonchev–Trinajstić information content (AvgIpc) is 3.75. The molecule has 1 aliphatic rings. The van der Waals surface area contributed by atoms with Crippen LogP contribution in [0.4, 0.5) is 0 Å². The lowest BCUT2D eigenvalue weighted by atomic mass is 9.92. The Morgan fingerprint density at radius 1 is 0.358 bits per heavy atom. The van der Waals surface area contributed by atoms with Gasteiger partial charge in [0, 0.05) is 22.2 Å². The Morgan fingerprint density at radius 2 is 0.906 bits per heavy atom. The molecule has 0 radical (unpaired) electrons. The van der Waals surface area contributed by atoms with Crippen LogP contribution in [0.3, 0.4) is 0 Å². The van der Waals surface area contributed by atoms with Crippen molar-refractivity contribution in [3.05, 3.63) is 188 Å². The van der Waals surface area contributed by atoms with Gasteiger partial charge in [-0.1, -0.05) is 158 Å². The fraction of sp³-hybridized carbons (Fsp3) is 0. The molecule has 10 aromatic rings.